The molecule has 2 amide bonds. The third-order valence-corrected chi connectivity index (χ3v) is 6.19. The van der Waals surface area contributed by atoms with Crippen LogP contribution in [0.25, 0.3) is 0 Å². The molecule has 2 heterocycles. The van der Waals surface area contributed by atoms with E-state index >= 15 is 0 Å². The van der Waals surface area contributed by atoms with Crippen molar-refractivity contribution in [2.75, 3.05) is 25.5 Å². The molecule has 1 fully saturated rings. The fourth-order valence-electron chi connectivity index (χ4n) is 4.26. The van der Waals surface area contributed by atoms with E-state index in [4.69, 9.17) is 5.11 Å². The van der Waals surface area contributed by atoms with Gasteiger partial charge in [-0.3, -0.25) is 9.78 Å². The number of hydrogen-bond donors (Lipinski definition) is 2. The Labute approximate surface area is 206 Å². The standard InChI is InChI=1S/C26H25F3N4O3/c1-32(24(34)19-15-33(16-19)25(35)36)23(26(27,28)29)21-13-12-20(14-30-21)31-22(17-8-4-2-5-9-17)18-10-6-3-7-11-18/h2-14,19,22-23,31H,15-16H2,1H3,(H,35,36)/t23-/m0/s1. The van der Waals surface area contributed by atoms with Crippen LogP contribution in [-0.4, -0.2) is 58.2 Å². The minimum atomic E-state index is -4.76. The quantitative estimate of drug-likeness (QED) is 0.481. The predicted octanol–water partition coefficient (Wildman–Crippen LogP) is 4.95. The molecule has 3 aromatic rings. The summed E-state index contributed by atoms with van der Waals surface area (Å²) in [4.78, 5) is 29.2. The summed E-state index contributed by atoms with van der Waals surface area (Å²) in [6.07, 6.45) is -4.65. The van der Waals surface area contributed by atoms with Crippen LogP contribution in [0.15, 0.2) is 79.0 Å². The van der Waals surface area contributed by atoms with Gasteiger partial charge in [-0.15, -0.1) is 0 Å². The normalized spacial score (nSPS) is 14.8. The fraction of sp³-hybridized carbons (Fsp3) is 0.269. The molecular weight excluding hydrogens is 473 g/mol. The van der Waals surface area contributed by atoms with Crippen LogP contribution >= 0.6 is 0 Å². The van der Waals surface area contributed by atoms with Crippen LogP contribution in [0.3, 0.4) is 0 Å². The average molecular weight is 499 g/mol. The molecule has 0 saturated carbocycles. The van der Waals surface area contributed by atoms with Crippen molar-refractivity contribution in [3.8, 4) is 0 Å². The highest BCUT2D eigenvalue weighted by Gasteiger charge is 2.48. The monoisotopic (exact) mass is 498 g/mol. The molecule has 1 aliphatic rings. The molecule has 1 aromatic heterocycles. The Kier molecular flexibility index (Phi) is 7.14. The lowest BCUT2D eigenvalue weighted by Gasteiger charge is -2.40. The Hall–Kier alpha value is -4.08. The van der Waals surface area contributed by atoms with E-state index in [0.717, 1.165) is 23.1 Å². The van der Waals surface area contributed by atoms with Crippen molar-refractivity contribution in [3.63, 3.8) is 0 Å². The Bertz CT molecular complexity index is 1150. The molecule has 4 rings (SSSR count). The van der Waals surface area contributed by atoms with E-state index in [1.165, 1.54) is 18.3 Å². The number of nitrogens with zero attached hydrogens (tertiary/aromatic N) is 3. The number of rotatable bonds is 7. The van der Waals surface area contributed by atoms with Gasteiger partial charge < -0.3 is 20.2 Å². The van der Waals surface area contributed by atoms with E-state index < -0.39 is 30.1 Å². The second-order valence-corrected chi connectivity index (χ2v) is 8.65. The maximum absolute atomic E-state index is 14.0. The number of carbonyl (C=O) groups is 2. The van der Waals surface area contributed by atoms with Gasteiger partial charge in [0.15, 0.2) is 6.04 Å². The molecule has 1 saturated heterocycles. The molecule has 0 aliphatic carbocycles. The summed E-state index contributed by atoms with van der Waals surface area (Å²) in [6, 6.07) is 19.5. The smallest absolute Gasteiger partial charge is 0.414 e. The highest BCUT2D eigenvalue weighted by atomic mass is 19.4. The number of halogens is 3. The summed E-state index contributed by atoms with van der Waals surface area (Å²) in [5.41, 5.74) is 2.14. The lowest BCUT2D eigenvalue weighted by Crippen LogP contribution is -2.56. The molecule has 1 aliphatic heterocycles. The molecule has 10 heteroatoms. The summed E-state index contributed by atoms with van der Waals surface area (Å²) < 4.78 is 42.0. The van der Waals surface area contributed by atoms with Gasteiger partial charge in [-0.2, -0.15) is 13.2 Å². The van der Waals surface area contributed by atoms with Gasteiger partial charge in [0, 0.05) is 20.1 Å². The SMILES string of the molecule is CN(C(=O)C1CN(C(=O)O)C1)[C@@H](c1ccc(NC(c2ccccc2)c2ccccc2)cn1)C(F)(F)F. The van der Waals surface area contributed by atoms with E-state index in [1.807, 2.05) is 60.7 Å². The van der Waals surface area contributed by atoms with Crippen LogP contribution in [0.2, 0.25) is 0 Å². The molecule has 0 bridgehead atoms. The molecule has 1 atom stereocenters. The van der Waals surface area contributed by atoms with Gasteiger partial charge >= 0.3 is 12.3 Å². The second-order valence-electron chi connectivity index (χ2n) is 8.65. The highest BCUT2D eigenvalue weighted by molar-refractivity contribution is 5.82. The zero-order valence-corrected chi connectivity index (χ0v) is 19.4. The van der Waals surface area contributed by atoms with Crippen LogP contribution in [0.1, 0.15) is 28.9 Å². The summed E-state index contributed by atoms with van der Waals surface area (Å²) in [6.45, 7) is -0.251. The summed E-state index contributed by atoms with van der Waals surface area (Å²) in [5.74, 6) is -1.58. The number of amides is 2. The first-order valence-electron chi connectivity index (χ1n) is 11.3. The Morgan fingerprint density at radius 2 is 1.56 bits per heavy atom. The molecule has 2 aromatic carbocycles. The van der Waals surface area contributed by atoms with Crippen molar-refractivity contribution < 1.29 is 27.9 Å². The lowest BCUT2D eigenvalue weighted by molar-refractivity contribution is -0.193. The van der Waals surface area contributed by atoms with E-state index in [2.05, 4.69) is 10.3 Å². The van der Waals surface area contributed by atoms with Crippen molar-refractivity contribution in [1.82, 2.24) is 14.8 Å². The van der Waals surface area contributed by atoms with E-state index in [9.17, 15) is 22.8 Å². The van der Waals surface area contributed by atoms with Gasteiger partial charge in [-0.1, -0.05) is 60.7 Å². The molecule has 0 radical (unpaired) electrons. The zero-order valence-electron chi connectivity index (χ0n) is 19.4. The van der Waals surface area contributed by atoms with E-state index in [-0.39, 0.29) is 24.8 Å². The topological polar surface area (TPSA) is 85.8 Å². The van der Waals surface area contributed by atoms with Gasteiger partial charge in [-0.05, 0) is 23.3 Å². The number of hydrogen-bond acceptors (Lipinski definition) is 4. The van der Waals surface area contributed by atoms with Gasteiger partial charge in [0.25, 0.3) is 0 Å². The number of alkyl halides is 3. The number of pyridine rings is 1. The van der Waals surface area contributed by atoms with E-state index in [0.29, 0.717) is 10.6 Å². The Morgan fingerprint density at radius 1 is 1.00 bits per heavy atom. The maximum Gasteiger partial charge on any atom is 0.414 e. The van der Waals surface area contributed by atoms with Crippen LogP contribution in [0.5, 0.6) is 0 Å². The van der Waals surface area contributed by atoms with Crippen LogP contribution < -0.4 is 5.32 Å². The number of benzene rings is 2. The molecule has 0 spiro atoms. The molecule has 36 heavy (non-hydrogen) atoms. The zero-order chi connectivity index (χ0) is 25.9. The molecule has 2 N–H and O–H groups in total. The largest absolute Gasteiger partial charge is 0.465 e. The van der Waals surface area contributed by atoms with Crippen LogP contribution in [0, 0.1) is 5.92 Å². The first-order chi connectivity index (χ1) is 17.1. The number of nitrogens with one attached hydrogen (secondary N) is 1. The van der Waals surface area contributed by atoms with Gasteiger partial charge in [0.2, 0.25) is 5.91 Å². The maximum atomic E-state index is 14.0. The molecule has 188 valence electrons. The molecule has 7 nitrogen and oxygen atoms in total. The van der Waals surface area contributed by atoms with E-state index in [1.54, 1.807) is 0 Å². The fourth-order valence-corrected chi connectivity index (χ4v) is 4.26. The number of carboxylic acid groups (broad SMARTS) is 1. The van der Waals surface area contributed by atoms with Crippen molar-refractivity contribution in [2.45, 2.75) is 18.3 Å². The van der Waals surface area contributed by atoms with Gasteiger partial charge in [0.1, 0.15) is 0 Å². The average Bonchev–Trinajstić information content (AvgIpc) is 2.82. The van der Waals surface area contributed by atoms with Crippen molar-refractivity contribution in [2.24, 2.45) is 5.92 Å². The first kappa shape index (κ1) is 25.0. The van der Waals surface area contributed by atoms with Crippen molar-refractivity contribution in [3.05, 3.63) is 95.8 Å². The number of carbonyl (C=O) groups excluding carboxylic acids is 1. The third-order valence-electron chi connectivity index (χ3n) is 6.19. The highest BCUT2D eigenvalue weighted by Crippen LogP contribution is 2.38. The molecule has 0 unspecified atom stereocenters. The number of likely N-dealkylation sites (tertiary alicyclic amines) is 1. The third kappa shape index (κ3) is 5.42. The Morgan fingerprint density at radius 3 is 2.00 bits per heavy atom. The second kappa shape index (κ2) is 10.3. The first-order valence-corrected chi connectivity index (χ1v) is 11.3. The van der Waals surface area contributed by atoms with Crippen molar-refractivity contribution in [1.29, 1.82) is 0 Å². The van der Waals surface area contributed by atoms with Gasteiger partial charge in [0.05, 0.1) is 29.5 Å². The number of anilines is 1. The minimum Gasteiger partial charge on any atom is -0.465 e. The summed E-state index contributed by atoms with van der Waals surface area (Å²) >= 11 is 0. The van der Waals surface area contributed by atoms with Crippen LogP contribution in [-0.2, 0) is 4.79 Å². The molecular formula is C26H25F3N4O3. The Balaban J connectivity index is 1.54. The lowest BCUT2D eigenvalue weighted by atomic mass is 9.97. The van der Waals surface area contributed by atoms with Crippen molar-refractivity contribution >= 4 is 17.7 Å². The summed E-state index contributed by atoms with van der Waals surface area (Å²) in [7, 11) is 1.07. The van der Waals surface area contributed by atoms with Crippen LogP contribution in [0.4, 0.5) is 23.7 Å². The minimum absolute atomic E-state index is 0.125. The number of aromatic nitrogens is 1. The van der Waals surface area contributed by atoms with Gasteiger partial charge in [-0.25, -0.2) is 4.79 Å². The summed E-state index contributed by atoms with van der Waals surface area (Å²) in [5, 5.41) is 12.3. The predicted molar refractivity (Wildman–Crippen MR) is 127 cm³/mol.